The van der Waals surface area contributed by atoms with Crippen molar-refractivity contribution in [1.29, 1.82) is 0 Å². The van der Waals surface area contributed by atoms with Crippen LogP contribution >= 0.6 is 23.2 Å². The molecule has 7 nitrogen and oxygen atoms in total. The minimum Gasteiger partial charge on any atom is -0.465 e. The Bertz CT molecular complexity index is 1810. The third-order valence-electron chi connectivity index (χ3n) is 9.51. The highest BCUT2D eigenvalue weighted by Gasteiger charge is 2.67. The zero-order valence-electron chi connectivity index (χ0n) is 24.0. The Labute approximate surface area is 258 Å². The summed E-state index contributed by atoms with van der Waals surface area (Å²) in [5, 5.41) is 9.63. The number of methoxy groups -OCH3 is 1. The van der Waals surface area contributed by atoms with Gasteiger partial charge in [0.1, 0.15) is 11.4 Å². The Morgan fingerprint density at radius 1 is 1.19 bits per heavy atom. The van der Waals surface area contributed by atoms with Gasteiger partial charge in [0.2, 0.25) is 5.91 Å². The quantitative estimate of drug-likeness (QED) is 0.248. The van der Waals surface area contributed by atoms with Crippen LogP contribution in [0.2, 0.25) is 10.0 Å². The van der Waals surface area contributed by atoms with Crippen molar-refractivity contribution in [3.05, 3.63) is 92.8 Å². The lowest BCUT2D eigenvalue weighted by Crippen LogP contribution is -2.61. The van der Waals surface area contributed by atoms with Crippen molar-refractivity contribution in [2.45, 2.75) is 56.7 Å². The molecule has 0 unspecified atom stereocenters. The van der Waals surface area contributed by atoms with Gasteiger partial charge in [-0.2, -0.15) is 5.10 Å². The molecule has 1 fully saturated rings. The molecule has 1 N–H and O–H groups in total. The van der Waals surface area contributed by atoms with Crippen molar-refractivity contribution >= 4 is 51.7 Å². The number of aromatic nitrogens is 2. The van der Waals surface area contributed by atoms with Crippen molar-refractivity contribution < 1.29 is 18.7 Å². The normalized spacial score (nSPS) is 24.3. The molecule has 7 rings (SSSR count). The maximum atomic E-state index is 16.1. The van der Waals surface area contributed by atoms with Crippen molar-refractivity contribution in [2.24, 2.45) is 5.92 Å². The molecule has 0 radical (unpaired) electrons. The Balaban J connectivity index is 1.46. The van der Waals surface area contributed by atoms with Gasteiger partial charge in [-0.15, -0.1) is 0 Å². The number of hydrogen-bond donors (Lipinski definition) is 1. The van der Waals surface area contributed by atoms with E-state index in [2.05, 4.69) is 24.1 Å². The zero-order valence-corrected chi connectivity index (χ0v) is 25.5. The summed E-state index contributed by atoms with van der Waals surface area (Å²) in [4.78, 5) is 29.2. The van der Waals surface area contributed by atoms with Gasteiger partial charge in [-0.05, 0) is 60.3 Å². The zero-order chi connectivity index (χ0) is 30.2. The van der Waals surface area contributed by atoms with E-state index in [0.29, 0.717) is 52.7 Å². The Hall–Kier alpha value is -3.46. The summed E-state index contributed by atoms with van der Waals surface area (Å²) in [7, 11) is 1.35. The number of amides is 1. The molecular formula is C33H31Cl2FN4O3. The van der Waals surface area contributed by atoms with Crippen LogP contribution in [0.1, 0.15) is 59.4 Å². The molecule has 43 heavy (non-hydrogen) atoms. The van der Waals surface area contributed by atoms with Gasteiger partial charge in [0, 0.05) is 46.6 Å². The average molecular weight is 622 g/mol. The van der Waals surface area contributed by atoms with E-state index in [1.165, 1.54) is 13.2 Å². The van der Waals surface area contributed by atoms with Gasteiger partial charge in [-0.3, -0.25) is 14.4 Å². The van der Waals surface area contributed by atoms with Gasteiger partial charge < -0.3 is 10.1 Å². The van der Waals surface area contributed by atoms with Crippen LogP contribution in [0, 0.1) is 11.7 Å². The SMILES string of the molecule is COC(=O)c1ccc2c3n(nc2c1)[C@@H]1[C@H](C3)N(CCC(C)C)[C@]2(Cc3ccc(Cl)cc3NC2=O)[C@H]1c1cccc(Cl)c1F. The molecule has 4 atom stereocenters. The topological polar surface area (TPSA) is 76.5 Å². The number of carbonyl (C=O) groups excluding carboxylic acids is 2. The molecule has 3 aliphatic heterocycles. The van der Waals surface area contributed by atoms with E-state index >= 15 is 4.39 Å². The number of ether oxygens (including phenoxy) is 1. The lowest BCUT2D eigenvalue weighted by atomic mass is 9.71. The van der Waals surface area contributed by atoms with Gasteiger partial charge in [0.05, 0.1) is 29.3 Å². The van der Waals surface area contributed by atoms with E-state index in [9.17, 15) is 9.59 Å². The fraction of sp³-hybridized carbons (Fsp3) is 0.364. The summed E-state index contributed by atoms with van der Waals surface area (Å²) in [5.74, 6) is -1.36. The first kappa shape index (κ1) is 28.3. The third kappa shape index (κ3) is 4.21. The van der Waals surface area contributed by atoms with Crippen LogP contribution in [0.25, 0.3) is 10.9 Å². The van der Waals surface area contributed by atoms with E-state index in [1.807, 2.05) is 22.9 Å². The molecule has 1 saturated heterocycles. The van der Waals surface area contributed by atoms with E-state index in [-0.39, 0.29) is 23.0 Å². The third-order valence-corrected chi connectivity index (χ3v) is 10.0. The summed E-state index contributed by atoms with van der Waals surface area (Å²) < 4.78 is 23.0. The highest BCUT2D eigenvalue weighted by molar-refractivity contribution is 6.31. The smallest absolute Gasteiger partial charge is 0.337 e. The number of nitrogens with one attached hydrogen (secondary N) is 1. The van der Waals surface area contributed by atoms with Crippen molar-refractivity contribution in [3.63, 3.8) is 0 Å². The molecule has 4 aromatic rings. The first-order valence-corrected chi connectivity index (χ1v) is 15.3. The second-order valence-electron chi connectivity index (χ2n) is 12.2. The Morgan fingerprint density at radius 3 is 2.77 bits per heavy atom. The van der Waals surface area contributed by atoms with E-state index < -0.39 is 23.2 Å². The minimum absolute atomic E-state index is 0.0137. The van der Waals surface area contributed by atoms with Crippen LogP contribution in [0.4, 0.5) is 10.1 Å². The summed E-state index contributed by atoms with van der Waals surface area (Å²) in [6.45, 7) is 4.99. The molecular weight excluding hydrogens is 590 g/mol. The lowest BCUT2D eigenvalue weighted by Gasteiger charge is -2.46. The number of likely N-dealkylation sites (tertiary alicyclic amines) is 1. The van der Waals surface area contributed by atoms with Crippen LogP contribution < -0.4 is 5.32 Å². The van der Waals surface area contributed by atoms with Crippen LogP contribution in [0.3, 0.4) is 0 Å². The monoisotopic (exact) mass is 620 g/mol. The predicted octanol–water partition coefficient (Wildman–Crippen LogP) is 6.81. The number of carbonyl (C=O) groups is 2. The summed E-state index contributed by atoms with van der Waals surface area (Å²) in [6, 6.07) is 15.5. The number of nitrogens with zero attached hydrogens (tertiary/aromatic N) is 3. The second-order valence-corrected chi connectivity index (χ2v) is 13.1. The predicted molar refractivity (Wildman–Crippen MR) is 164 cm³/mol. The number of rotatable bonds is 5. The first-order chi connectivity index (χ1) is 20.6. The number of fused-ring (bicyclic) bond motifs is 6. The van der Waals surface area contributed by atoms with Crippen molar-refractivity contribution in [3.8, 4) is 0 Å². The van der Waals surface area contributed by atoms with E-state index in [4.69, 9.17) is 33.0 Å². The highest BCUT2D eigenvalue weighted by atomic mass is 35.5. The molecule has 3 aliphatic rings. The molecule has 0 aliphatic carbocycles. The Morgan fingerprint density at radius 2 is 2.00 bits per heavy atom. The average Bonchev–Trinajstić information content (AvgIpc) is 3.59. The second kappa shape index (κ2) is 10.3. The van der Waals surface area contributed by atoms with Crippen molar-refractivity contribution in [2.75, 3.05) is 19.0 Å². The van der Waals surface area contributed by atoms with Crippen molar-refractivity contribution in [1.82, 2.24) is 14.7 Å². The number of halogens is 3. The van der Waals surface area contributed by atoms with Crippen LogP contribution in [0.5, 0.6) is 0 Å². The van der Waals surface area contributed by atoms with Gasteiger partial charge in [0.25, 0.3) is 0 Å². The first-order valence-electron chi connectivity index (χ1n) is 14.5. The standard InChI is InChI=1S/C33H31Cl2FN4O3/c1-17(2)11-12-39-27-15-26-21-10-8-18(31(41)43-3)13-25(21)38-40(26)30(27)28(22-5-4-6-23(35)29(22)36)33(39)16-19-7-9-20(34)14-24(19)37-32(33)42/h4-10,13-14,17,27-28,30H,11-12,15-16H2,1-3H3,(H,37,42)/t27-,28-,30+,33+/m0/s1. The number of anilines is 1. The lowest BCUT2D eigenvalue weighted by molar-refractivity contribution is -0.129. The molecule has 222 valence electrons. The molecule has 0 bridgehead atoms. The Kier molecular flexibility index (Phi) is 6.80. The highest BCUT2D eigenvalue weighted by Crippen LogP contribution is 2.59. The molecule has 3 aromatic carbocycles. The van der Waals surface area contributed by atoms with Gasteiger partial charge in [-0.1, -0.05) is 61.3 Å². The fourth-order valence-electron chi connectivity index (χ4n) is 7.62. The van der Waals surface area contributed by atoms with Crippen LogP contribution in [-0.4, -0.2) is 51.8 Å². The van der Waals surface area contributed by atoms with Gasteiger partial charge in [0.15, 0.2) is 0 Å². The van der Waals surface area contributed by atoms with Crippen LogP contribution in [0.15, 0.2) is 54.6 Å². The molecule has 1 spiro atoms. The molecule has 10 heteroatoms. The number of benzene rings is 3. The largest absolute Gasteiger partial charge is 0.465 e. The van der Waals surface area contributed by atoms with Gasteiger partial charge in [-0.25, -0.2) is 9.18 Å². The molecule has 4 heterocycles. The molecule has 1 aromatic heterocycles. The summed E-state index contributed by atoms with van der Waals surface area (Å²) >= 11 is 12.7. The minimum atomic E-state index is -1.11. The summed E-state index contributed by atoms with van der Waals surface area (Å²) in [6.07, 6.45) is 1.87. The summed E-state index contributed by atoms with van der Waals surface area (Å²) in [5.41, 5.74) is 2.97. The number of esters is 1. The van der Waals surface area contributed by atoms with Crippen LogP contribution in [-0.2, 0) is 22.4 Å². The molecule has 1 amide bonds. The van der Waals surface area contributed by atoms with E-state index in [0.717, 1.165) is 23.1 Å². The maximum absolute atomic E-state index is 16.1. The molecule has 0 saturated carbocycles. The van der Waals surface area contributed by atoms with Gasteiger partial charge >= 0.3 is 5.97 Å². The number of hydrogen-bond acceptors (Lipinski definition) is 5. The van der Waals surface area contributed by atoms with E-state index in [1.54, 1.807) is 30.3 Å². The fourth-order valence-corrected chi connectivity index (χ4v) is 7.97. The maximum Gasteiger partial charge on any atom is 0.337 e.